The maximum atomic E-state index is 11.4. The highest BCUT2D eigenvalue weighted by Gasteiger charge is 2.18. The molecule has 1 aromatic carbocycles. The third-order valence-electron chi connectivity index (χ3n) is 2.74. The van der Waals surface area contributed by atoms with Crippen LogP contribution in [-0.2, 0) is 6.42 Å². The van der Waals surface area contributed by atoms with Crippen molar-refractivity contribution in [3.05, 3.63) is 56.3 Å². The Balaban J connectivity index is 2.07. The summed E-state index contributed by atoms with van der Waals surface area (Å²) in [5, 5.41) is 12.8. The molecule has 6 heteroatoms. The zero-order chi connectivity index (χ0) is 14.5. The summed E-state index contributed by atoms with van der Waals surface area (Å²) in [6.45, 7) is 1.77. The second-order valence-corrected chi connectivity index (χ2v) is 5.20. The van der Waals surface area contributed by atoms with Crippen molar-refractivity contribution in [3.8, 4) is 5.75 Å². The van der Waals surface area contributed by atoms with Crippen LogP contribution >= 0.6 is 11.3 Å². The van der Waals surface area contributed by atoms with E-state index in [1.807, 2.05) is 17.5 Å². The number of nitrogens with zero attached hydrogens (tertiary/aromatic N) is 1. The third-order valence-corrected chi connectivity index (χ3v) is 3.68. The van der Waals surface area contributed by atoms with Crippen LogP contribution in [0.25, 0.3) is 0 Å². The summed E-state index contributed by atoms with van der Waals surface area (Å²) >= 11 is 1.65. The van der Waals surface area contributed by atoms with E-state index >= 15 is 0 Å². The Morgan fingerprint density at radius 3 is 2.80 bits per heavy atom. The summed E-state index contributed by atoms with van der Waals surface area (Å²) in [6, 6.07) is 8.23. The molecule has 0 saturated heterocycles. The molecular formula is C14H13NO4S. The van der Waals surface area contributed by atoms with Crippen LogP contribution in [0.5, 0.6) is 5.75 Å². The molecule has 0 aliphatic carbocycles. The van der Waals surface area contributed by atoms with Crippen LogP contribution in [0.3, 0.4) is 0 Å². The minimum absolute atomic E-state index is 0.0728. The first-order chi connectivity index (χ1) is 9.58. The van der Waals surface area contributed by atoms with E-state index in [0.717, 1.165) is 6.42 Å². The number of rotatable bonds is 6. The number of ether oxygens (including phenoxy) is 1. The van der Waals surface area contributed by atoms with E-state index in [9.17, 15) is 14.9 Å². The number of carbonyl (C=O) groups excluding carboxylic acids is 1. The predicted octanol–water partition coefficient (Wildman–Crippen LogP) is 3.48. The normalized spacial score (nSPS) is 10.2. The van der Waals surface area contributed by atoms with Gasteiger partial charge in [-0.1, -0.05) is 6.07 Å². The highest BCUT2D eigenvalue weighted by Crippen LogP contribution is 2.24. The molecule has 0 radical (unpaired) electrons. The summed E-state index contributed by atoms with van der Waals surface area (Å²) < 4.78 is 5.54. The molecule has 104 valence electrons. The van der Waals surface area contributed by atoms with Gasteiger partial charge in [-0.3, -0.25) is 14.9 Å². The molecule has 2 aromatic rings. The minimum atomic E-state index is -0.563. The Bertz CT molecular complexity index is 622. The molecule has 0 bridgehead atoms. The Labute approximate surface area is 120 Å². The van der Waals surface area contributed by atoms with Crippen LogP contribution in [0.4, 0.5) is 5.69 Å². The SMILES string of the molecule is CC(=O)c1cc(OCCc2cccs2)ccc1[N+](=O)[O-]. The van der Waals surface area contributed by atoms with Crippen molar-refractivity contribution in [2.45, 2.75) is 13.3 Å². The number of ketones is 1. The number of nitro benzene ring substituents is 1. The number of carbonyl (C=O) groups is 1. The largest absolute Gasteiger partial charge is 0.493 e. The number of nitro groups is 1. The van der Waals surface area contributed by atoms with E-state index in [-0.39, 0.29) is 17.0 Å². The molecule has 2 rings (SSSR count). The highest BCUT2D eigenvalue weighted by molar-refractivity contribution is 7.09. The smallest absolute Gasteiger partial charge is 0.280 e. The Hall–Kier alpha value is -2.21. The number of thiophene rings is 1. The number of hydrogen-bond donors (Lipinski definition) is 0. The molecular weight excluding hydrogens is 278 g/mol. The predicted molar refractivity (Wildman–Crippen MR) is 76.6 cm³/mol. The molecule has 20 heavy (non-hydrogen) atoms. The summed E-state index contributed by atoms with van der Waals surface area (Å²) in [6.07, 6.45) is 0.768. The lowest BCUT2D eigenvalue weighted by Gasteiger charge is -2.07. The molecule has 5 nitrogen and oxygen atoms in total. The first-order valence-corrected chi connectivity index (χ1v) is 6.90. The summed E-state index contributed by atoms with van der Waals surface area (Å²) in [4.78, 5) is 22.9. The van der Waals surface area contributed by atoms with Crippen molar-refractivity contribution in [3.63, 3.8) is 0 Å². The van der Waals surface area contributed by atoms with Gasteiger partial charge in [0.05, 0.1) is 17.1 Å². The standard InChI is InChI=1S/C14H13NO4S/c1-10(16)13-9-11(4-5-14(13)15(17)18)19-7-6-12-3-2-8-20-12/h2-5,8-9H,6-7H2,1H3. The fourth-order valence-electron chi connectivity index (χ4n) is 1.77. The Kier molecular flexibility index (Phi) is 4.47. The lowest BCUT2D eigenvalue weighted by Crippen LogP contribution is -2.04. The van der Waals surface area contributed by atoms with Gasteiger partial charge >= 0.3 is 0 Å². The molecule has 0 aliphatic heterocycles. The molecule has 0 N–H and O–H groups in total. The van der Waals surface area contributed by atoms with Crippen LogP contribution in [0.2, 0.25) is 0 Å². The van der Waals surface area contributed by atoms with Crippen molar-refractivity contribution < 1.29 is 14.5 Å². The minimum Gasteiger partial charge on any atom is -0.493 e. The van der Waals surface area contributed by atoms with Crippen LogP contribution < -0.4 is 4.74 Å². The van der Waals surface area contributed by atoms with Gasteiger partial charge in [-0.2, -0.15) is 0 Å². The Morgan fingerprint density at radius 2 is 2.20 bits per heavy atom. The van der Waals surface area contributed by atoms with E-state index in [1.54, 1.807) is 11.3 Å². The van der Waals surface area contributed by atoms with Crippen LogP contribution in [0.15, 0.2) is 35.7 Å². The molecule has 0 spiro atoms. The lowest BCUT2D eigenvalue weighted by atomic mass is 10.1. The highest BCUT2D eigenvalue weighted by atomic mass is 32.1. The molecule has 0 atom stereocenters. The van der Waals surface area contributed by atoms with Gasteiger partial charge in [-0.15, -0.1) is 11.3 Å². The van der Waals surface area contributed by atoms with E-state index in [0.29, 0.717) is 12.4 Å². The van der Waals surface area contributed by atoms with Crippen molar-refractivity contribution >= 4 is 22.8 Å². The second kappa shape index (κ2) is 6.29. The summed E-state index contributed by atoms with van der Waals surface area (Å²) in [5.74, 6) is 0.123. The molecule has 0 unspecified atom stereocenters. The quantitative estimate of drug-likeness (QED) is 0.464. The number of benzene rings is 1. The lowest BCUT2D eigenvalue weighted by molar-refractivity contribution is -0.385. The van der Waals surface area contributed by atoms with Crippen LogP contribution in [0, 0.1) is 10.1 Å². The fourth-order valence-corrected chi connectivity index (χ4v) is 2.46. The maximum Gasteiger partial charge on any atom is 0.280 e. The zero-order valence-corrected chi connectivity index (χ0v) is 11.7. The van der Waals surface area contributed by atoms with Crippen molar-refractivity contribution in [2.24, 2.45) is 0 Å². The van der Waals surface area contributed by atoms with Gasteiger partial charge in [0, 0.05) is 17.4 Å². The zero-order valence-electron chi connectivity index (χ0n) is 10.9. The third kappa shape index (κ3) is 3.42. The van der Waals surface area contributed by atoms with Crippen LogP contribution in [0.1, 0.15) is 22.2 Å². The summed E-state index contributed by atoms with van der Waals surface area (Å²) in [7, 11) is 0. The molecule has 0 saturated carbocycles. The van der Waals surface area contributed by atoms with Gasteiger partial charge < -0.3 is 4.74 Å². The monoisotopic (exact) mass is 291 g/mol. The topological polar surface area (TPSA) is 69.4 Å². The average Bonchev–Trinajstić information content (AvgIpc) is 2.91. The van der Waals surface area contributed by atoms with Crippen molar-refractivity contribution in [1.82, 2.24) is 0 Å². The van der Waals surface area contributed by atoms with E-state index in [4.69, 9.17) is 4.74 Å². The number of Topliss-reactive ketones (excluding diaryl/α,β-unsaturated/α-hetero) is 1. The van der Waals surface area contributed by atoms with Gasteiger partial charge in [0.2, 0.25) is 0 Å². The molecule has 1 aromatic heterocycles. The van der Waals surface area contributed by atoms with Gasteiger partial charge in [0.15, 0.2) is 5.78 Å². The first kappa shape index (κ1) is 14.2. The average molecular weight is 291 g/mol. The molecule has 0 aliphatic rings. The second-order valence-electron chi connectivity index (χ2n) is 4.17. The molecule has 0 amide bonds. The van der Waals surface area contributed by atoms with E-state index in [1.165, 1.54) is 30.0 Å². The van der Waals surface area contributed by atoms with Gasteiger partial charge in [-0.25, -0.2) is 0 Å². The fraction of sp³-hybridized carbons (Fsp3) is 0.214. The first-order valence-electron chi connectivity index (χ1n) is 6.02. The van der Waals surface area contributed by atoms with Gasteiger partial charge in [0.1, 0.15) is 5.75 Å². The van der Waals surface area contributed by atoms with Crippen LogP contribution in [-0.4, -0.2) is 17.3 Å². The van der Waals surface area contributed by atoms with E-state index < -0.39 is 4.92 Å². The van der Waals surface area contributed by atoms with Crippen molar-refractivity contribution in [2.75, 3.05) is 6.61 Å². The summed E-state index contributed by atoms with van der Waals surface area (Å²) in [5.41, 5.74) is -0.119. The Morgan fingerprint density at radius 1 is 1.40 bits per heavy atom. The molecule has 1 heterocycles. The maximum absolute atomic E-state index is 11.4. The van der Waals surface area contributed by atoms with E-state index in [2.05, 4.69) is 0 Å². The van der Waals surface area contributed by atoms with Crippen molar-refractivity contribution in [1.29, 1.82) is 0 Å². The molecule has 0 fully saturated rings. The van der Waals surface area contributed by atoms with Gasteiger partial charge in [0.25, 0.3) is 5.69 Å². The number of hydrogen-bond acceptors (Lipinski definition) is 5. The van der Waals surface area contributed by atoms with Gasteiger partial charge in [-0.05, 0) is 30.5 Å².